The molecule has 0 spiro atoms. The number of hydrogen-bond acceptors (Lipinski definition) is 7. The monoisotopic (exact) mass is 447 g/mol. The van der Waals surface area contributed by atoms with Crippen molar-refractivity contribution in [1.82, 2.24) is 4.90 Å². The van der Waals surface area contributed by atoms with E-state index in [0.29, 0.717) is 29.5 Å². The summed E-state index contributed by atoms with van der Waals surface area (Å²) in [4.78, 5) is 27.5. The summed E-state index contributed by atoms with van der Waals surface area (Å²) in [6, 6.07) is 11.0. The molecule has 0 fully saturated rings. The van der Waals surface area contributed by atoms with Crippen LogP contribution < -0.4 is 24.8 Å². The Morgan fingerprint density at radius 3 is 2.19 bits per heavy atom. The number of anilines is 2. The van der Waals surface area contributed by atoms with Crippen molar-refractivity contribution in [2.24, 2.45) is 0 Å². The Kier molecular flexibility index (Phi) is 9.48. The first-order chi connectivity index (χ1) is 14.9. The lowest BCUT2D eigenvalue weighted by molar-refractivity contribution is -0.119. The van der Waals surface area contributed by atoms with Crippen LogP contribution in [0.2, 0.25) is 0 Å². The molecule has 0 saturated carbocycles. The summed E-state index contributed by atoms with van der Waals surface area (Å²) < 4.78 is 15.9. The number of ether oxygens (including phenoxy) is 3. The number of rotatable bonds is 11. The van der Waals surface area contributed by atoms with Crippen molar-refractivity contribution in [2.45, 2.75) is 11.3 Å². The molecule has 0 aliphatic carbocycles. The third-order valence-corrected chi connectivity index (χ3v) is 5.26. The van der Waals surface area contributed by atoms with Gasteiger partial charge < -0.3 is 24.8 Å². The van der Waals surface area contributed by atoms with E-state index in [1.54, 1.807) is 35.8 Å². The molecule has 31 heavy (non-hydrogen) atoms. The first-order valence-electron chi connectivity index (χ1n) is 9.63. The predicted molar refractivity (Wildman–Crippen MR) is 124 cm³/mol. The summed E-state index contributed by atoms with van der Waals surface area (Å²) in [7, 11) is 6.35. The smallest absolute Gasteiger partial charge is 0.238 e. The van der Waals surface area contributed by atoms with Crippen molar-refractivity contribution >= 4 is 35.0 Å². The number of benzene rings is 2. The van der Waals surface area contributed by atoms with Gasteiger partial charge in [0.25, 0.3) is 0 Å². The molecule has 0 heterocycles. The number of methoxy groups -OCH3 is 3. The van der Waals surface area contributed by atoms with Crippen molar-refractivity contribution in [3.05, 3.63) is 36.4 Å². The summed E-state index contributed by atoms with van der Waals surface area (Å²) in [5, 5.41) is 5.74. The maximum atomic E-state index is 12.4. The Bertz CT molecular complexity index is 881. The van der Waals surface area contributed by atoms with Gasteiger partial charge in [0.15, 0.2) is 11.5 Å². The minimum Gasteiger partial charge on any atom is -0.493 e. The van der Waals surface area contributed by atoms with Crippen LogP contribution in [0.5, 0.6) is 17.2 Å². The van der Waals surface area contributed by atoms with Crippen LogP contribution in [-0.4, -0.2) is 64.4 Å². The summed E-state index contributed by atoms with van der Waals surface area (Å²) >= 11 is 1.57. The van der Waals surface area contributed by atoms with Gasteiger partial charge in [-0.05, 0) is 25.4 Å². The number of amides is 2. The molecule has 2 aromatic carbocycles. The number of para-hydroxylation sites is 1. The standard InChI is InChI=1S/C22H29N3O5S/c1-25(14-21(27)24-16-8-6-7-9-19(16)31-5)11-10-20(26)23-15-12-17(28-2)22(30-4)18(13-15)29-3/h6-9,12-13H,10-11,14H2,1-5H3,(H,23,26)(H,24,27). The van der Waals surface area contributed by atoms with E-state index < -0.39 is 0 Å². The molecule has 168 valence electrons. The minimum atomic E-state index is -0.186. The zero-order valence-electron chi connectivity index (χ0n) is 18.5. The van der Waals surface area contributed by atoms with Crippen LogP contribution in [-0.2, 0) is 9.59 Å². The van der Waals surface area contributed by atoms with E-state index in [1.165, 1.54) is 21.3 Å². The van der Waals surface area contributed by atoms with Crippen LogP contribution in [0, 0.1) is 0 Å². The van der Waals surface area contributed by atoms with Gasteiger partial charge in [-0.1, -0.05) is 12.1 Å². The number of likely N-dealkylation sites (N-methyl/N-ethyl adjacent to an activating group) is 1. The first kappa shape index (κ1) is 24.4. The average Bonchev–Trinajstić information content (AvgIpc) is 2.77. The average molecular weight is 448 g/mol. The van der Waals surface area contributed by atoms with Crippen LogP contribution in [0.1, 0.15) is 6.42 Å². The lowest BCUT2D eigenvalue weighted by Gasteiger charge is -2.17. The van der Waals surface area contributed by atoms with Crippen LogP contribution in [0.3, 0.4) is 0 Å². The number of hydrogen-bond donors (Lipinski definition) is 2. The van der Waals surface area contributed by atoms with Crippen LogP contribution in [0.15, 0.2) is 41.3 Å². The Balaban J connectivity index is 1.87. The molecule has 0 aromatic heterocycles. The highest BCUT2D eigenvalue weighted by atomic mass is 32.2. The van der Waals surface area contributed by atoms with Gasteiger partial charge in [0.1, 0.15) is 0 Å². The van der Waals surface area contributed by atoms with Gasteiger partial charge in [0, 0.05) is 35.7 Å². The quantitative estimate of drug-likeness (QED) is 0.511. The number of nitrogens with one attached hydrogen (secondary N) is 2. The van der Waals surface area contributed by atoms with E-state index in [0.717, 1.165) is 10.6 Å². The Labute approximate surface area is 187 Å². The van der Waals surface area contributed by atoms with Crippen molar-refractivity contribution in [3.63, 3.8) is 0 Å². The molecular formula is C22H29N3O5S. The lowest BCUT2D eigenvalue weighted by Crippen LogP contribution is -2.32. The third kappa shape index (κ3) is 7.08. The van der Waals surface area contributed by atoms with Crippen molar-refractivity contribution in [2.75, 3.05) is 58.4 Å². The van der Waals surface area contributed by atoms with Gasteiger partial charge in [-0.2, -0.15) is 0 Å². The zero-order chi connectivity index (χ0) is 22.8. The molecule has 8 nitrogen and oxygen atoms in total. The van der Waals surface area contributed by atoms with Gasteiger partial charge in [-0.15, -0.1) is 11.8 Å². The molecule has 0 saturated heterocycles. The van der Waals surface area contributed by atoms with Crippen molar-refractivity contribution in [3.8, 4) is 17.2 Å². The van der Waals surface area contributed by atoms with Crippen LogP contribution in [0.25, 0.3) is 0 Å². The molecule has 9 heteroatoms. The van der Waals surface area contributed by atoms with E-state index >= 15 is 0 Å². The fourth-order valence-corrected chi connectivity index (χ4v) is 3.48. The molecule has 0 aliphatic rings. The van der Waals surface area contributed by atoms with Gasteiger partial charge >= 0.3 is 0 Å². The lowest BCUT2D eigenvalue weighted by atomic mass is 10.2. The first-order valence-corrected chi connectivity index (χ1v) is 10.9. The summed E-state index contributed by atoms with van der Waals surface area (Å²) in [6.07, 6.45) is 2.19. The van der Waals surface area contributed by atoms with E-state index in [4.69, 9.17) is 14.2 Å². The van der Waals surface area contributed by atoms with E-state index in [2.05, 4.69) is 10.6 Å². The summed E-state index contributed by atoms with van der Waals surface area (Å²) in [6.45, 7) is 0.605. The van der Waals surface area contributed by atoms with E-state index in [-0.39, 0.29) is 24.8 Å². The largest absolute Gasteiger partial charge is 0.493 e. The van der Waals surface area contributed by atoms with E-state index in [9.17, 15) is 9.59 Å². The zero-order valence-corrected chi connectivity index (χ0v) is 19.3. The molecule has 0 atom stereocenters. The molecule has 2 N–H and O–H groups in total. The Morgan fingerprint density at radius 2 is 1.61 bits per heavy atom. The highest BCUT2D eigenvalue weighted by Gasteiger charge is 2.15. The second-order valence-electron chi connectivity index (χ2n) is 6.70. The van der Waals surface area contributed by atoms with Gasteiger partial charge in [0.2, 0.25) is 17.6 Å². The second-order valence-corrected chi connectivity index (χ2v) is 7.55. The fourth-order valence-electron chi connectivity index (χ4n) is 2.93. The number of thioether (sulfide) groups is 1. The highest BCUT2D eigenvalue weighted by molar-refractivity contribution is 7.98. The normalized spacial score (nSPS) is 10.5. The predicted octanol–water partition coefficient (Wildman–Crippen LogP) is 3.33. The SMILES string of the molecule is COc1cc(NC(=O)CCN(C)CC(=O)Nc2ccccc2SC)cc(OC)c1OC. The van der Waals surface area contributed by atoms with Gasteiger partial charge in [-0.3, -0.25) is 14.5 Å². The third-order valence-electron chi connectivity index (χ3n) is 4.46. The maximum Gasteiger partial charge on any atom is 0.238 e. The minimum absolute atomic E-state index is 0.131. The van der Waals surface area contributed by atoms with E-state index in [1.807, 2.05) is 30.5 Å². The Hall–Kier alpha value is -2.91. The Morgan fingerprint density at radius 1 is 0.968 bits per heavy atom. The molecule has 0 bridgehead atoms. The topological polar surface area (TPSA) is 89.1 Å². The second kappa shape index (κ2) is 12.1. The van der Waals surface area contributed by atoms with Gasteiger partial charge in [0.05, 0.1) is 33.6 Å². The van der Waals surface area contributed by atoms with Gasteiger partial charge in [-0.25, -0.2) is 0 Å². The molecule has 2 rings (SSSR count). The number of nitrogens with zero attached hydrogens (tertiary/aromatic N) is 1. The van der Waals surface area contributed by atoms with Crippen LogP contribution >= 0.6 is 11.8 Å². The molecule has 2 amide bonds. The maximum absolute atomic E-state index is 12.4. The molecular weight excluding hydrogens is 418 g/mol. The number of carbonyl (C=O) groups is 2. The summed E-state index contributed by atoms with van der Waals surface area (Å²) in [5.41, 5.74) is 1.32. The number of carbonyl (C=O) groups excluding carboxylic acids is 2. The summed E-state index contributed by atoms with van der Waals surface area (Å²) in [5.74, 6) is 1.05. The highest BCUT2D eigenvalue weighted by Crippen LogP contribution is 2.39. The van der Waals surface area contributed by atoms with Crippen molar-refractivity contribution in [1.29, 1.82) is 0 Å². The molecule has 0 radical (unpaired) electrons. The molecule has 0 unspecified atom stereocenters. The molecule has 2 aromatic rings. The molecule has 0 aliphatic heterocycles. The van der Waals surface area contributed by atoms with Crippen molar-refractivity contribution < 1.29 is 23.8 Å². The fraction of sp³-hybridized carbons (Fsp3) is 0.364. The van der Waals surface area contributed by atoms with Crippen LogP contribution in [0.4, 0.5) is 11.4 Å².